The molecule has 5 atom stereocenters. The van der Waals surface area contributed by atoms with Gasteiger partial charge in [0.1, 0.15) is 12.2 Å². The number of aliphatic hydroxyl groups excluding tert-OH is 1. The summed E-state index contributed by atoms with van der Waals surface area (Å²) in [7, 11) is 0. The van der Waals surface area contributed by atoms with Gasteiger partial charge in [-0.25, -0.2) is 0 Å². The molecule has 0 aliphatic heterocycles. The fraction of sp³-hybridized carbons (Fsp3) is 0.314. The van der Waals surface area contributed by atoms with Crippen LogP contribution >= 0.6 is 0 Å². The van der Waals surface area contributed by atoms with Crippen LogP contribution in [0.25, 0.3) is 0 Å². The average Bonchev–Trinajstić information content (AvgIpc) is 3.01. The van der Waals surface area contributed by atoms with Gasteiger partial charge in [0.05, 0.1) is 45.2 Å². The third kappa shape index (κ3) is 8.10. The quantitative estimate of drug-likeness (QED) is 0.215. The van der Waals surface area contributed by atoms with E-state index in [9.17, 15) is 5.11 Å². The minimum Gasteiger partial charge on any atom is -0.390 e. The summed E-state index contributed by atoms with van der Waals surface area (Å²) in [6.45, 7) is 2.16. The molecule has 1 N–H and O–H groups in total. The molecule has 1 aliphatic rings. The van der Waals surface area contributed by atoms with E-state index >= 15 is 0 Å². The van der Waals surface area contributed by atoms with E-state index in [4.69, 9.17) is 18.9 Å². The van der Waals surface area contributed by atoms with Crippen LogP contribution in [0.3, 0.4) is 0 Å². The van der Waals surface area contributed by atoms with Gasteiger partial charge in [-0.1, -0.05) is 121 Å². The minimum absolute atomic E-state index is 0.0697. The van der Waals surface area contributed by atoms with E-state index in [-0.39, 0.29) is 12.0 Å². The molecule has 0 amide bonds. The molecule has 0 aromatic heterocycles. The zero-order valence-electron chi connectivity index (χ0n) is 22.8. The van der Waals surface area contributed by atoms with Crippen molar-refractivity contribution < 1.29 is 24.1 Å². The van der Waals surface area contributed by atoms with Crippen molar-refractivity contribution in [1.82, 2.24) is 0 Å². The molecule has 1 saturated carbocycles. The lowest BCUT2D eigenvalue weighted by atomic mass is 9.80. The molecule has 0 bridgehead atoms. The van der Waals surface area contributed by atoms with Crippen molar-refractivity contribution in [1.29, 1.82) is 0 Å². The number of hydrogen-bond donors (Lipinski definition) is 1. The molecule has 4 aromatic carbocycles. The van der Waals surface area contributed by atoms with E-state index in [1.807, 2.05) is 97.1 Å². The van der Waals surface area contributed by atoms with Gasteiger partial charge in [-0.2, -0.15) is 0 Å². The molecule has 5 rings (SSSR count). The van der Waals surface area contributed by atoms with Crippen molar-refractivity contribution in [3.8, 4) is 0 Å². The van der Waals surface area contributed by atoms with Crippen LogP contribution in [0.5, 0.6) is 0 Å². The van der Waals surface area contributed by atoms with Crippen LogP contribution in [0.15, 0.2) is 121 Å². The summed E-state index contributed by atoms with van der Waals surface area (Å²) in [6.07, 6.45) is -1.58. The van der Waals surface area contributed by atoms with E-state index in [1.165, 1.54) is 0 Å². The van der Waals surface area contributed by atoms with Crippen LogP contribution in [0, 0.1) is 5.92 Å². The van der Waals surface area contributed by atoms with Gasteiger partial charge in [0.15, 0.2) is 0 Å². The number of rotatable bonds is 13. The molecule has 1 aliphatic carbocycles. The Balaban J connectivity index is 1.36. The van der Waals surface area contributed by atoms with Crippen LogP contribution < -0.4 is 0 Å². The lowest BCUT2D eigenvalue weighted by Crippen LogP contribution is -2.57. The highest BCUT2D eigenvalue weighted by atomic mass is 16.6. The van der Waals surface area contributed by atoms with Crippen molar-refractivity contribution >= 4 is 0 Å². The summed E-state index contributed by atoms with van der Waals surface area (Å²) < 4.78 is 25.8. The van der Waals surface area contributed by atoms with Crippen LogP contribution in [0.2, 0.25) is 0 Å². The SMILES string of the molecule is O[C@H]1C[C@H](COCc2ccccc2)[C@H](OCc2ccccc2)[C@H](OCc2ccccc2)[C@H]1OCc1ccccc1. The van der Waals surface area contributed by atoms with Gasteiger partial charge in [-0.05, 0) is 28.7 Å². The van der Waals surface area contributed by atoms with E-state index < -0.39 is 18.3 Å². The van der Waals surface area contributed by atoms with Gasteiger partial charge in [0.25, 0.3) is 0 Å². The van der Waals surface area contributed by atoms with Crippen molar-refractivity contribution in [3.05, 3.63) is 144 Å². The molecule has 40 heavy (non-hydrogen) atoms. The Morgan fingerprint density at radius 2 is 0.850 bits per heavy atom. The van der Waals surface area contributed by atoms with Crippen molar-refractivity contribution in [2.24, 2.45) is 5.92 Å². The second kappa shape index (κ2) is 14.9. The van der Waals surface area contributed by atoms with Gasteiger partial charge < -0.3 is 24.1 Å². The largest absolute Gasteiger partial charge is 0.390 e. The fourth-order valence-corrected chi connectivity index (χ4v) is 5.24. The Kier molecular flexibility index (Phi) is 10.5. The monoisotopic (exact) mass is 538 g/mol. The van der Waals surface area contributed by atoms with Gasteiger partial charge >= 0.3 is 0 Å². The van der Waals surface area contributed by atoms with Crippen molar-refractivity contribution in [3.63, 3.8) is 0 Å². The molecule has 4 aromatic rings. The highest BCUT2D eigenvalue weighted by Crippen LogP contribution is 2.34. The zero-order chi connectivity index (χ0) is 27.4. The molecule has 5 heteroatoms. The second-order valence-corrected chi connectivity index (χ2v) is 10.3. The maximum Gasteiger partial charge on any atom is 0.113 e. The first-order valence-corrected chi connectivity index (χ1v) is 14.0. The van der Waals surface area contributed by atoms with E-state index in [2.05, 4.69) is 24.3 Å². The topological polar surface area (TPSA) is 57.2 Å². The van der Waals surface area contributed by atoms with Crippen molar-refractivity contribution in [2.45, 2.75) is 57.3 Å². The van der Waals surface area contributed by atoms with Gasteiger partial charge in [0, 0.05) is 5.92 Å². The average molecular weight is 539 g/mol. The van der Waals surface area contributed by atoms with Crippen LogP contribution in [0.4, 0.5) is 0 Å². The number of hydrogen-bond acceptors (Lipinski definition) is 5. The first-order valence-electron chi connectivity index (χ1n) is 14.0. The third-order valence-corrected chi connectivity index (χ3v) is 7.33. The van der Waals surface area contributed by atoms with Crippen LogP contribution in [-0.2, 0) is 45.4 Å². The van der Waals surface area contributed by atoms with Crippen LogP contribution in [0.1, 0.15) is 28.7 Å². The van der Waals surface area contributed by atoms with Crippen molar-refractivity contribution in [2.75, 3.05) is 6.61 Å². The fourth-order valence-electron chi connectivity index (χ4n) is 5.24. The van der Waals surface area contributed by atoms with Crippen LogP contribution in [-0.4, -0.2) is 36.1 Å². The molecule has 208 valence electrons. The Morgan fingerprint density at radius 3 is 1.30 bits per heavy atom. The summed E-state index contributed by atoms with van der Waals surface area (Å²) in [4.78, 5) is 0. The Morgan fingerprint density at radius 1 is 0.475 bits per heavy atom. The Bertz CT molecular complexity index is 1240. The molecule has 0 heterocycles. The lowest BCUT2D eigenvalue weighted by molar-refractivity contribution is -0.224. The maximum atomic E-state index is 11.4. The summed E-state index contributed by atoms with van der Waals surface area (Å²) in [5.41, 5.74) is 4.30. The first kappa shape index (κ1) is 28.2. The Hall–Kier alpha value is -3.32. The second-order valence-electron chi connectivity index (χ2n) is 10.3. The highest BCUT2D eigenvalue weighted by Gasteiger charge is 2.46. The van der Waals surface area contributed by atoms with E-state index in [0.29, 0.717) is 39.5 Å². The smallest absolute Gasteiger partial charge is 0.113 e. The van der Waals surface area contributed by atoms with Gasteiger partial charge in [0.2, 0.25) is 0 Å². The molecule has 0 saturated heterocycles. The number of benzene rings is 4. The maximum absolute atomic E-state index is 11.4. The van der Waals surface area contributed by atoms with Gasteiger partial charge in [-0.3, -0.25) is 0 Å². The normalized spacial score (nSPS) is 22.7. The first-order chi connectivity index (χ1) is 19.8. The predicted octanol–water partition coefficient (Wildman–Crippen LogP) is 6.34. The molecule has 0 radical (unpaired) electrons. The van der Waals surface area contributed by atoms with E-state index in [1.54, 1.807) is 0 Å². The molecule has 0 unspecified atom stereocenters. The molecule has 1 fully saturated rings. The number of ether oxygens (including phenoxy) is 4. The predicted molar refractivity (Wildman–Crippen MR) is 155 cm³/mol. The van der Waals surface area contributed by atoms with Gasteiger partial charge in [-0.15, -0.1) is 0 Å². The van der Waals surface area contributed by atoms with E-state index in [0.717, 1.165) is 22.3 Å². The lowest BCUT2D eigenvalue weighted by Gasteiger charge is -2.44. The molecular formula is C35H38O5. The minimum atomic E-state index is -0.716. The zero-order valence-corrected chi connectivity index (χ0v) is 22.8. The highest BCUT2D eigenvalue weighted by molar-refractivity contribution is 5.16. The number of aliphatic hydroxyl groups is 1. The molecule has 0 spiro atoms. The molecular weight excluding hydrogens is 500 g/mol. The molecule has 5 nitrogen and oxygen atoms in total. The standard InChI is InChI=1S/C35H38O5/c36-32-21-31(26-37-22-27-13-5-1-6-14-27)33(38-23-28-15-7-2-8-16-28)35(40-25-30-19-11-4-12-20-30)34(32)39-24-29-17-9-3-10-18-29/h1-20,31-36H,21-26H2/t31-,32+,33+,34+,35+/m1/s1. The summed E-state index contributed by atoms with van der Waals surface area (Å²) in [5.74, 6) is -0.0697. The third-order valence-electron chi connectivity index (χ3n) is 7.33. The Labute approximate surface area is 237 Å². The summed E-state index contributed by atoms with van der Waals surface area (Å²) in [5, 5.41) is 11.4. The summed E-state index contributed by atoms with van der Waals surface area (Å²) >= 11 is 0. The summed E-state index contributed by atoms with van der Waals surface area (Å²) in [6, 6.07) is 40.4.